The first kappa shape index (κ1) is 16.2. The second-order valence-corrected chi connectivity index (χ2v) is 6.00. The summed E-state index contributed by atoms with van der Waals surface area (Å²) in [5.74, 6) is -1.98. The largest absolute Gasteiger partial charge is 0.327 e. The number of nitrogens with one attached hydrogen (secondary N) is 1. The SMILES string of the molecule is Cc1ccc(F)c(NC(=O)C(=O)N2CCCC2c2ccccc2)c1. The number of carbonyl (C=O) groups is 2. The summed E-state index contributed by atoms with van der Waals surface area (Å²) < 4.78 is 13.8. The Bertz CT molecular complexity index is 761. The Morgan fingerprint density at radius 2 is 1.92 bits per heavy atom. The molecule has 2 amide bonds. The van der Waals surface area contributed by atoms with Crippen molar-refractivity contribution in [3.63, 3.8) is 0 Å². The molecule has 0 radical (unpaired) electrons. The summed E-state index contributed by atoms with van der Waals surface area (Å²) in [4.78, 5) is 26.4. The average molecular weight is 326 g/mol. The molecule has 0 saturated carbocycles. The summed E-state index contributed by atoms with van der Waals surface area (Å²) >= 11 is 0. The van der Waals surface area contributed by atoms with E-state index in [1.807, 2.05) is 30.3 Å². The van der Waals surface area contributed by atoms with Gasteiger partial charge in [0, 0.05) is 6.54 Å². The Balaban J connectivity index is 1.75. The van der Waals surface area contributed by atoms with Crippen molar-refractivity contribution >= 4 is 17.5 Å². The molecule has 1 N–H and O–H groups in total. The highest BCUT2D eigenvalue weighted by molar-refractivity contribution is 6.39. The summed E-state index contributed by atoms with van der Waals surface area (Å²) in [7, 11) is 0. The van der Waals surface area contributed by atoms with Crippen LogP contribution in [0.3, 0.4) is 0 Å². The van der Waals surface area contributed by atoms with Gasteiger partial charge in [0.2, 0.25) is 0 Å². The predicted octanol–water partition coefficient (Wildman–Crippen LogP) is 3.44. The molecular weight excluding hydrogens is 307 g/mol. The molecule has 3 rings (SSSR count). The predicted molar refractivity (Wildman–Crippen MR) is 89.9 cm³/mol. The van der Waals surface area contributed by atoms with Gasteiger partial charge in [-0.2, -0.15) is 0 Å². The minimum atomic E-state index is -0.803. The summed E-state index contributed by atoms with van der Waals surface area (Å²) in [5.41, 5.74) is 1.85. The third-order valence-electron chi connectivity index (χ3n) is 4.26. The molecule has 1 atom stereocenters. The van der Waals surface area contributed by atoms with Crippen LogP contribution in [-0.4, -0.2) is 23.3 Å². The zero-order valence-corrected chi connectivity index (χ0v) is 13.5. The normalized spacial score (nSPS) is 16.9. The lowest BCUT2D eigenvalue weighted by Gasteiger charge is -2.24. The second kappa shape index (κ2) is 6.83. The molecule has 124 valence electrons. The van der Waals surface area contributed by atoms with Gasteiger partial charge in [-0.15, -0.1) is 0 Å². The monoisotopic (exact) mass is 326 g/mol. The highest BCUT2D eigenvalue weighted by Gasteiger charge is 2.33. The van der Waals surface area contributed by atoms with Gasteiger partial charge >= 0.3 is 11.8 Å². The first-order valence-corrected chi connectivity index (χ1v) is 7.99. The highest BCUT2D eigenvalue weighted by atomic mass is 19.1. The Labute approximate surface area is 140 Å². The molecule has 1 saturated heterocycles. The number of carbonyl (C=O) groups excluding carboxylic acids is 2. The van der Waals surface area contributed by atoms with Crippen molar-refractivity contribution in [2.45, 2.75) is 25.8 Å². The van der Waals surface area contributed by atoms with Gasteiger partial charge in [-0.1, -0.05) is 36.4 Å². The third-order valence-corrected chi connectivity index (χ3v) is 4.26. The van der Waals surface area contributed by atoms with Crippen molar-refractivity contribution in [2.75, 3.05) is 11.9 Å². The topological polar surface area (TPSA) is 49.4 Å². The molecule has 0 spiro atoms. The maximum atomic E-state index is 13.8. The van der Waals surface area contributed by atoms with Crippen molar-refractivity contribution < 1.29 is 14.0 Å². The molecule has 0 aromatic heterocycles. The van der Waals surface area contributed by atoms with E-state index in [0.717, 1.165) is 24.0 Å². The number of rotatable bonds is 2. The maximum absolute atomic E-state index is 13.8. The van der Waals surface area contributed by atoms with E-state index in [-0.39, 0.29) is 11.7 Å². The number of likely N-dealkylation sites (tertiary alicyclic amines) is 1. The van der Waals surface area contributed by atoms with Crippen molar-refractivity contribution in [1.29, 1.82) is 0 Å². The molecule has 2 aromatic rings. The molecule has 2 aromatic carbocycles. The zero-order chi connectivity index (χ0) is 17.1. The van der Waals surface area contributed by atoms with Crippen LogP contribution in [0.1, 0.15) is 30.0 Å². The average Bonchev–Trinajstić information content (AvgIpc) is 3.08. The van der Waals surface area contributed by atoms with Crippen LogP contribution in [0.5, 0.6) is 0 Å². The van der Waals surface area contributed by atoms with Gasteiger partial charge in [0.05, 0.1) is 11.7 Å². The second-order valence-electron chi connectivity index (χ2n) is 6.00. The number of amides is 2. The van der Waals surface area contributed by atoms with E-state index < -0.39 is 17.6 Å². The van der Waals surface area contributed by atoms with Crippen LogP contribution < -0.4 is 5.32 Å². The lowest BCUT2D eigenvalue weighted by molar-refractivity contribution is -0.143. The van der Waals surface area contributed by atoms with Crippen LogP contribution in [0.15, 0.2) is 48.5 Å². The fourth-order valence-electron chi connectivity index (χ4n) is 3.07. The van der Waals surface area contributed by atoms with Gasteiger partial charge in [0.1, 0.15) is 5.82 Å². The molecule has 5 heteroatoms. The number of aryl methyl sites for hydroxylation is 1. The van der Waals surface area contributed by atoms with Crippen molar-refractivity contribution in [3.8, 4) is 0 Å². The molecule has 1 unspecified atom stereocenters. The lowest BCUT2D eigenvalue weighted by Crippen LogP contribution is -2.39. The zero-order valence-electron chi connectivity index (χ0n) is 13.5. The summed E-state index contributed by atoms with van der Waals surface area (Å²) in [6.45, 7) is 2.32. The summed E-state index contributed by atoms with van der Waals surface area (Å²) in [6, 6.07) is 13.9. The number of hydrogen-bond donors (Lipinski definition) is 1. The van der Waals surface area contributed by atoms with Crippen LogP contribution in [0.2, 0.25) is 0 Å². The van der Waals surface area contributed by atoms with Crippen LogP contribution >= 0.6 is 0 Å². The maximum Gasteiger partial charge on any atom is 0.314 e. The molecule has 1 aliphatic rings. The van der Waals surface area contributed by atoms with Gasteiger partial charge in [-0.05, 0) is 43.0 Å². The quantitative estimate of drug-likeness (QED) is 0.860. The van der Waals surface area contributed by atoms with Crippen LogP contribution in [0.25, 0.3) is 0 Å². The van der Waals surface area contributed by atoms with Crippen molar-refractivity contribution in [1.82, 2.24) is 4.90 Å². The Hall–Kier alpha value is -2.69. The van der Waals surface area contributed by atoms with Crippen molar-refractivity contribution in [2.24, 2.45) is 0 Å². The van der Waals surface area contributed by atoms with Gasteiger partial charge < -0.3 is 10.2 Å². The molecule has 1 heterocycles. The summed E-state index contributed by atoms with van der Waals surface area (Å²) in [5, 5.41) is 2.39. The number of halogens is 1. The number of benzene rings is 2. The van der Waals surface area contributed by atoms with E-state index in [4.69, 9.17) is 0 Å². The standard InChI is InChI=1S/C19H19FN2O2/c1-13-9-10-15(20)16(12-13)21-18(23)19(24)22-11-5-8-17(22)14-6-3-2-4-7-14/h2-4,6-7,9-10,12,17H,5,8,11H2,1H3,(H,21,23). The minimum absolute atomic E-state index is 0.0313. The first-order valence-electron chi connectivity index (χ1n) is 7.99. The first-order chi connectivity index (χ1) is 11.6. The molecule has 1 aliphatic heterocycles. The van der Waals surface area contributed by atoms with Gasteiger partial charge in [0.25, 0.3) is 0 Å². The van der Waals surface area contributed by atoms with E-state index in [9.17, 15) is 14.0 Å². The third kappa shape index (κ3) is 3.30. The molecule has 0 bridgehead atoms. The van der Waals surface area contributed by atoms with Gasteiger partial charge in [0.15, 0.2) is 0 Å². The summed E-state index contributed by atoms with van der Waals surface area (Å²) in [6.07, 6.45) is 1.67. The van der Waals surface area contributed by atoms with E-state index in [0.29, 0.717) is 6.54 Å². The number of anilines is 1. The van der Waals surface area contributed by atoms with E-state index >= 15 is 0 Å². The smallest absolute Gasteiger partial charge is 0.314 e. The lowest BCUT2D eigenvalue weighted by atomic mass is 10.0. The van der Waals surface area contributed by atoms with E-state index in [1.54, 1.807) is 17.9 Å². The molecule has 4 nitrogen and oxygen atoms in total. The fraction of sp³-hybridized carbons (Fsp3) is 0.263. The Morgan fingerprint density at radius 1 is 1.17 bits per heavy atom. The minimum Gasteiger partial charge on any atom is -0.327 e. The van der Waals surface area contributed by atoms with E-state index in [2.05, 4.69) is 5.32 Å². The van der Waals surface area contributed by atoms with Crippen LogP contribution in [0.4, 0.5) is 10.1 Å². The van der Waals surface area contributed by atoms with Crippen LogP contribution in [-0.2, 0) is 9.59 Å². The van der Waals surface area contributed by atoms with Crippen LogP contribution in [0, 0.1) is 12.7 Å². The Kier molecular flexibility index (Phi) is 4.60. The van der Waals surface area contributed by atoms with Gasteiger partial charge in [-0.3, -0.25) is 9.59 Å². The fourth-order valence-corrected chi connectivity index (χ4v) is 3.07. The number of hydrogen-bond acceptors (Lipinski definition) is 2. The van der Waals surface area contributed by atoms with Crippen molar-refractivity contribution in [3.05, 3.63) is 65.5 Å². The van der Waals surface area contributed by atoms with Gasteiger partial charge in [-0.25, -0.2) is 4.39 Å². The molecular formula is C19H19FN2O2. The highest BCUT2D eigenvalue weighted by Crippen LogP contribution is 2.31. The Morgan fingerprint density at radius 3 is 2.67 bits per heavy atom. The van der Waals surface area contributed by atoms with E-state index in [1.165, 1.54) is 12.1 Å². The molecule has 0 aliphatic carbocycles. The number of nitrogens with zero attached hydrogens (tertiary/aromatic N) is 1. The molecule has 1 fully saturated rings. The molecule has 24 heavy (non-hydrogen) atoms.